The number of methoxy groups -OCH3 is 1. The third kappa shape index (κ3) is 12.3. The molecular formula is C29H49N8O9+. The van der Waals surface area contributed by atoms with E-state index in [1.807, 2.05) is 0 Å². The first-order valence-electron chi connectivity index (χ1n) is 15.4. The molecule has 5 atom stereocenters. The van der Waals surface area contributed by atoms with Crippen molar-refractivity contribution in [2.24, 2.45) is 22.2 Å². The summed E-state index contributed by atoms with van der Waals surface area (Å²) in [4.78, 5) is 77.8. The van der Waals surface area contributed by atoms with Crippen LogP contribution in [0.25, 0.3) is 0 Å². The van der Waals surface area contributed by atoms with Crippen LogP contribution in [0.2, 0.25) is 0 Å². The predicted molar refractivity (Wildman–Crippen MR) is 164 cm³/mol. The molecule has 2 rings (SSSR count). The van der Waals surface area contributed by atoms with E-state index in [9.17, 15) is 28.8 Å². The predicted octanol–water partition coefficient (Wildman–Crippen LogP) is -0.422. The molecule has 0 fully saturated rings. The number of ether oxygens (including phenoxy) is 3. The van der Waals surface area contributed by atoms with Gasteiger partial charge in [-0.25, -0.2) is 4.79 Å². The van der Waals surface area contributed by atoms with E-state index in [1.165, 1.54) is 11.8 Å². The SMILES string of the molecule is COC(=O)CNC(=O)C1CC[C@H](NC(=O)OC(C)(C)C)C(=O)N[C@@H](C(C)C)C(=O)N[C@@H](C(C)C)C(=O)NCCOCC2C=[N+]1N=N2. The van der Waals surface area contributed by atoms with Gasteiger partial charge in [-0.05, 0) is 39.0 Å². The van der Waals surface area contributed by atoms with Crippen LogP contribution in [-0.2, 0) is 38.2 Å². The van der Waals surface area contributed by atoms with E-state index in [0.29, 0.717) is 0 Å². The van der Waals surface area contributed by atoms with E-state index in [-0.39, 0.29) is 38.5 Å². The molecule has 17 nitrogen and oxygen atoms in total. The van der Waals surface area contributed by atoms with Gasteiger partial charge in [0.15, 0.2) is 0 Å². The molecular weight excluding hydrogens is 604 g/mol. The summed E-state index contributed by atoms with van der Waals surface area (Å²) >= 11 is 0. The second-order valence-corrected chi connectivity index (χ2v) is 12.7. The van der Waals surface area contributed by atoms with E-state index in [2.05, 4.69) is 41.7 Å². The fourth-order valence-electron chi connectivity index (χ4n) is 4.51. The van der Waals surface area contributed by atoms with Gasteiger partial charge in [-0.3, -0.25) is 24.0 Å². The number of alkyl carbamates (subject to hydrolysis) is 1. The van der Waals surface area contributed by atoms with Crippen LogP contribution in [0, 0.1) is 11.8 Å². The number of carbonyl (C=O) groups is 6. The molecule has 0 radical (unpaired) electrons. The average Bonchev–Trinajstić information content (AvgIpc) is 3.42. The topological polar surface area (TPSA) is 218 Å². The highest BCUT2D eigenvalue weighted by atomic mass is 16.6. The van der Waals surface area contributed by atoms with Gasteiger partial charge in [0.25, 0.3) is 5.91 Å². The molecule has 0 saturated carbocycles. The Kier molecular flexibility index (Phi) is 14.5. The van der Waals surface area contributed by atoms with Gasteiger partial charge in [0.1, 0.15) is 48.3 Å². The number of fused-ring (bicyclic) bond motifs is 1. The Balaban J connectivity index is 2.47. The number of hydrogen-bond acceptors (Lipinski definition) is 11. The van der Waals surface area contributed by atoms with Crippen LogP contribution in [0.15, 0.2) is 10.3 Å². The highest BCUT2D eigenvalue weighted by Crippen LogP contribution is 2.14. The number of amides is 5. The molecule has 17 heteroatoms. The van der Waals surface area contributed by atoms with Gasteiger partial charge >= 0.3 is 12.1 Å². The van der Waals surface area contributed by atoms with Gasteiger partial charge < -0.3 is 40.8 Å². The number of nitrogens with zero attached hydrogens (tertiary/aromatic N) is 3. The Bertz CT molecular complexity index is 1180. The molecule has 0 aromatic carbocycles. The zero-order valence-corrected chi connectivity index (χ0v) is 27.9. The highest BCUT2D eigenvalue weighted by Gasteiger charge is 2.37. The van der Waals surface area contributed by atoms with E-state index in [4.69, 9.17) is 9.47 Å². The van der Waals surface area contributed by atoms with Crippen molar-refractivity contribution in [1.82, 2.24) is 26.6 Å². The maximum absolute atomic E-state index is 13.7. The van der Waals surface area contributed by atoms with Gasteiger partial charge in [-0.15, -0.1) is 4.68 Å². The van der Waals surface area contributed by atoms with E-state index < -0.39 is 84.0 Å². The lowest BCUT2D eigenvalue weighted by atomic mass is 9.98. The molecule has 2 heterocycles. The molecule has 0 spiro atoms. The number of carbonyl (C=O) groups excluding carboxylic acids is 6. The summed E-state index contributed by atoms with van der Waals surface area (Å²) in [7, 11) is 1.19. The van der Waals surface area contributed by atoms with Crippen molar-refractivity contribution in [1.29, 1.82) is 0 Å². The van der Waals surface area contributed by atoms with Gasteiger partial charge in [0.05, 0.1) is 13.7 Å². The molecule has 0 aromatic heterocycles. The normalized spacial score (nSPS) is 25.2. The van der Waals surface area contributed by atoms with Crippen molar-refractivity contribution < 1.29 is 47.7 Å². The van der Waals surface area contributed by atoms with Gasteiger partial charge in [0.2, 0.25) is 29.8 Å². The third-order valence-electron chi connectivity index (χ3n) is 6.95. The summed E-state index contributed by atoms with van der Waals surface area (Å²) in [5, 5.41) is 21.5. The van der Waals surface area contributed by atoms with Crippen LogP contribution in [0.3, 0.4) is 0 Å². The van der Waals surface area contributed by atoms with E-state index >= 15 is 0 Å². The minimum absolute atomic E-state index is 0.0453. The van der Waals surface area contributed by atoms with Gasteiger partial charge in [-0.1, -0.05) is 27.7 Å². The van der Waals surface area contributed by atoms with E-state index in [0.717, 1.165) is 0 Å². The third-order valence-corrected chi connectivity index (χ3v) is 6.95. The molecule has 5 amide bonds. The Hall–Kier alpha value is -4.15. The number of nitrogens with one attached hydrogen (secondary N) is 5. The monoisotopic (exact) mass is 653 g/mol. The smallest absolute Gasteiger partial charge is 0.408 e. The zero-order valence-electron chi connectivity index (χ0n) is 27.9. The second kappa shape index (κ2) is 17.5. The second-order valence-electron chi connectivity index (χ2n) is 12.7. The molecule has 5 N–H and O–H groups in total. The first-order valence-corrected chi connectivity index (χ1v) is 15.4. The van der Waals surface area contributed by atoms with Gasteiger partial charge in [0, 0.05) is 18.1 Å². The molecule has 2 aliphatic rings. The Morgan fingerprint density at radius 2 is 1.65 bits per heavy atom. The Morgan fingerprint density at radius 3 is 2.26 bits per heavy atom. The lowest BCUT2D eigenvalue weighted by Crippen LogP contribution is -2.59. The minimum Gasteiger partial charge on any atom is -0.468 e. The van der Waals surface area contributed by atoms with E-state index in [1.54, 1.807) is 54.7 Å². The van der Waals surface area contributed by atoms with Crippen LogP contribution < -0.4 is 26.6 Å². The molecule has 2 aliphatic heterocycles. The largest absolute Gasteiger partial charge is 0.468 e. The van der Waals surface area contributed by atoms with Crippen molar-refractivity contribution in [3.8, 4) is 0 Å². The maximum atomic E-state index is 13.7. The quantitative estimate of drug-likeness (QED) is 0.185. The van der Waals surface area contributed by atoms with Crippen molar-refractivity contribution >= 4 is 41.9 Å². The fourth-order valence-corrected chi connectivity index (χ4v) is 4.51. The lowest BCUT2D eigenvalue weighted by molar-refractivity contribution is -0.557. The van der Waals surface area contributed by atoms with Crippen molar-refractivity contribution in [3.05, 3.63) is 0 Å². The average molecular weight is 654 g/mol. The van der Waals surface area contributed by atoms with Crippen LogP contribution in [-0.4, -0.2) is 116 Å². The van der Waals surface area contributed by atoms with Crippen LogP contribution in [0.4, 0.5) is 4.79 Å². The molecule has 0 aliphatic carbocycles. The summed E-state index contributed by atoms with van der Waals surface area (Å²) < 4.78 is 16.9. The Morgan fingerprint density at radius 1 is 1.02 bits per heavy atom. The van der Waals surface area contributed by atoms with Crippen molar-refractivity contribution in [2.75, 3.05) is 33.4 Å². The molecule has 258 valence electrons. The number of hydrogen-bond donors (Lipinski definition) is 5. The molecule has 46 heavy (non-hydrogen) atoms. The first-order chi connectivity index (χ1) is 21.5. The maximum Gasteiger partial charge on any atom is 0.408 e. The summed E-state index contributed by atoms with van der Waals surface area (Å²) in [5.41, 5.74) is -0.875. The fraction of sp³-hybridized carbons (Fsp3) is 0.759. The van der Waals surface area contributed by atoms with Crippen molar-refractivity contribution in [2.45, 2.75) is 97.1 Å². The summed E-state index contributed by atoms with van der Waals surface area (Å²) in [6.07, 6.45) is 0.532. The first kappa shape index (κ1) is 38.0. The molecule has 0 aromatic rings. The number of rotatable bonds is 6. The molecule has 2 bridgehead atoms. The molecule has 0 saturated heterocycles. The van der Waals surface area contributed by atoms with Crippen LogP contribution in [0.1, 0.15) is 61.3 Å². The number of esters is 1. The van der Waals surface area contributed by atoms with Crippen LogP contribution in [0.5, 0.6) is 0 Å². The lowest BCUT2D eigenvalue weighted by Gasteiger charge is -2.29. The van der Waals surface area contributed by atoms with Crippen molar-refractivity contribution in [3.63, 3.8) is 0 Å². The summed E-state index contributed by atoms with van der Waals surface area (Å²) in [6.45, 7) is 12.0. The van der Waals surface area contributed by atoms with Crippen LogP contribution >= 0.6 is 0 Å². The minimum atomic E-state index is -1.26. The highest BCUT2D eigenvalue weighted by molar-refractivity contribution is 5.94. The Labute approximate surface area is 269 Å². The standard InChI is InChI=1S/C29H48N8O9/c1-16(2)22-26(41)30-11-12-45-15-18-14-37(36-35-18)20(25(40)31-13-21(38)44-8)10-9-19(32-28(43)46-29(5,6)7)24(39)33-23(17(3)4)27(42)34-22/h14,16-20,22-23H,9-13,15H2,1-8H3,(H4-,30,31,32,33,34,39,40,41,42,43)/p+1/t18?,19-,20?,22-,23-/m0/s1. The zero-order chi connectivity index (χ0) is 34.6. The summed E-state index contributed by atoms with van der Waals surface area (Å²) in [5.74, 6) is -3.66. The molecule has 2 unspecified atom stereocenters. The van der Waals surface area contributed by atoms with Gasteiger partial charge in [-0.2, -0.15) is 0 Å². The summed E-state index contributed by atoms with van der Waals surface area (Å²) in [6, 6.07) is -4.83.